The highest BCUT2D eigenvalue weighted by Crippen LogP contribution is 2.15. The molecule has 0 aliphatic heterocycles. The van der Waals surface area contributed by atoms with E-state index in [1.807, 2.05) is 12.1 Å². The van der Waals surface area contributed by atoms with Crippen LogP contribution in [0.4, 0.5) is 11.4 Å². The van der Waals surface area contributed by atoms with Crippen LogP contribution in [0.2, 0.25) is 0 Å². The lowest BCUT2D eigenvalue weighted by molar-refractivity contribution is 0.292. The maximum absolute atomic E-state index is 11.5. The van der Waals surface area contributed by atoms with Gasteiger partial charge in [0.05, 0.1) is 0 Å². The van der Waals surface area contributed by atoms with Crippen LogP contribution in [0.25, 0.3) is 0 Å². The summed E-state index contributed by atoms with van der Waals surface area (Å²) < 4.78 is 0. The lowest BCUT2D eigenvalue weighted by Gasteiger charge is -2.14. The van der Waals surface area contributed by atoms with E-state index in [1.165, 1.54) is 0 Å². The average molecular weight is 261 g/mol. The highest BCUT2D eigenvalue weighted by molar-refractivity contribution is 5.73. The van der Waals surface area contributed by atoms with E-state index in [0.29, 0.717) is 30.9 Å². The Balaban J connectivity index is 1.99. The fourth-order valence-corrected chi connectivity index (χ4v) is 1.71. The Morgan fingerprint density at radius 1 is 1.05 bits per heavy atom. The van der Waals surface area contributed by atoms with Crippen molar-refractivity contribution in [3.8, 4) is 0 Å². The Labute approximate surface area is 109 Å². The zero-order valence-electron chi connectivity index (χ0n) is 10.3. The van der Waals surface area contributed by atoms with Crippen LogP contribution in [0.5, 0.6) is 0 Å². The summed E-state index contributed by atoms with van der Waals surface area (Å²) >= 11 is 0. The van der Waals surface area contributed by atoms with Crippen molar-refractivity contribution in [2.24, 2.45) is 0 Å². The van der Waals surface area contributed by atoms with Crippen LogP contribution in [0, 0.1) is 0 Å². The lowest BCUT2D eigenvalue weighted by Crippen LogP contribution is -2.37. The largest absolute Gasteiger partial charge is 0.396 e. The Morgan fingerprint density at radius 2 is 1.68 bits per heavy atom. The maximum atomic E-state index is 11.5. The van der Waals surface area contributed by atoms with Gasteiger partial charge in [0, 0.05) is 32.1 Å². The van der Waals surface area contributed by atoms with Crippen LogP contribution in [0.15, 0.2) is 34.1 Å². The minimum absolute atomic E-state index is 0.0438. The van der Waals surface area contributed by atoms with E-state index in [0.717, 1.165) is 5.56 Å². The van der Waals surface area contributed by atoms with Crippen LogP contribution < -0.4 is 21.5 Å². The molecule has 0 atom stereocenters. The summed E-state index contributed by atoms with van der Waals surface area (Å²) in [5.41, 5.74) is 0.604. The van der Waals surface area contributed by atoms with Crippen LogP contribution in [0.1, 0.15) is 12.0 Å². The van der Waals surface area contributed by atoms with Crippen molar-refractivity contribution < 1.29 is 5.11 Å². The molecule has 2 aromatic rings. The molecule has 1 heterocycles. The summed E-state index contributed by atoms with van der Waals surface area (Å²) in [6.07, 6.45) is 3.86. The smallest absolute Gasteiger partial charge is 0.253 e. The molecule has 2 rings (SSSR count). The van der Waals surface area contributed by atoms with Crippen molar-refractivity contribution in [3.63, 3.8) is 0 Å². The van der Waals surface area contributed by atoms with E-state index in [2.05, 4.69) is 15.6 Å². The number of aromatic nitrogens is 1. The van der Waals surface area contributed by atoms with Gasteiger partial charge in [-0.25, -0.2) is 0 Å². The number of aliphatic hydroxyl groups is 1. The highest BCUT2D eigenvalue weighted by Gasteiger charge is 2.19. The Kier molecular flexibility index (Phi) is 4.25. The first-order valence-corrected chi connectivity index (χ1v) is 6.05. The summed E-state index contributed by atoms with van der Waals surface area (Å²) in [6.45, 7) is 0.968. The third-order valence-electron chi connectivity index (χ3n) is 2.77. The zero-order chi connectivity index (χ0) is 13.7. The van der Waals surface area contributed by atoms with E-state index in [4.69, 9.17) is 5.11 Å². The predicted molar refractivity (Wildman–Crippen MR) is 73.1 cm³/mol. The molecule has 1 aromatic heterocycles. The molecule has 0 saturated carbocycles. The second-order valence-electron chi connectivity index (χ2n) is 4.12. The molecule has 6 nitrogen and oxygen atoms in total. The molecule has 0 unspecified atom stereocenters. The van der Waals surface area contributed by atoms with Crippen molar-refractivity contribution in [1.29, 1.82) is 0 Å². The van der Waals surface area contributed by atoms with Gasteiger partial charge in [0.25, 0.3) is 10.9 Å². The molecule has 0 spiro atoms. The minimum atomic E-state index is -0.504. The first kappa shape index (κ1) is 13.2. The van der Waals surface area contributed by atoms with Gasteiger partial charge in [-0.15, -0.1) is 0 Å². The molecule has 0 bridgehead atoms. The number of hydrogen-bond acceptors (Lipinski definition) is 6. The van der Waals surface area contributed by atoms with Gasteiger partial charge < -0.3 is 15.7 Å². The summed E-state index contributed by atoms with van der Waals surface area (Å²) in [4.78, 5) is 26.8. The van der Waals surface area contributed by atoms with Crippen LogP contribution in [-0.4, -0.2) is 23.2 Å². The standard InChI is InChI=1S/C13H15N3O3/c17-7-1-4-15-10-11(13(19)12(10)18)16-8-9-2-5-14-6-3-9/h2-3,5-6,15-17H,1,4,7-8H2. The Hall–Kier alpha value is -2.21. The van der Waals surface area contributed by atoms with Gasteiger partial charge in [-0.05, 0) is 24.1 Å². The monoisotopic (exact) mass is 261 g/mol. The number of anilines is 2. The Morgan fingerprint density at radius 3 is 2.32 bits per heavy atom. The minimum Gasteiger partial charge on any atom is -0.396 e. The van der Waals surface area contributed by atoms with Crippen LogP contribution in [0.3, 0.4) is 0 Å². The molecule has 1 aromatic carbocycles. The number of rotatable bonds is 7. The zero-order valence-corrected chi connectivity index (χ0v) is 10.3. The van der Waals surface area contributed by atoms with E-state index in [1.54, 1.807) is 12.4 Å². The van der Waals surface area contributed by atoms with Gasteiger partial charge in [-0.1, -0.05) is 0 Å². The molecule has 0 aliphatic carbocycles. The highest BCUT2D eigenvalue weighted by atomic mass is 16.3. The van der Waals surface area contributed by atoms with Crippen molar-refractivity contribution in [3.05, 3.63) is 50.5 Å². The normalized spacial score (nSPS) is 10.6. The third kappa shape index (κ3) is 2.97. The SMILES string of the molecule is O=c1c(NCCCO)c(NCc2ccncc2)c1=O. The quantitative estimate of drug-likeness (QED) is 0.483. The van der Waals surface area contributed by atoms with Gasteiger partial charge in [0.1, 0.15) is 11.4 Å². The number of nitrogens with zero attached hydrogens (tertiary/aromatic N) is 1. The second-order valence-corrected chi connectivity index (χ2v) is 4.12. The topological polar surface area (TPSA) is 91.3 Å². The fraction of sp³-hybridized carbons (Fsp3) is 0.308. The van der Waals surface area contributed by atoms with Crippen LogP contribution >= 0.6 is 0 Å². The third-order valence-corrected chi connectivity index (χ3v) is 2.77. The average Bonchev–Trinajstić information content (AvgIpc) is 2.46. The fourth-order valence-electron chi connectivity index (χ4n) is 1.71. The molecular weight excluding hydrogens is 246 g/mol. The molecule has 100 valence electrons. The number of pyridine rings is 1. The van der Waals surface area contributed by atoms with Crippen molar-refractivity contribution in [2.75, 3.05) is 23.8 Å². The lowest BCUT2D eigenvalue weighted by atomic mass is 10.1. The molecule has 0 fully saturated rings. The van der Waals surface area contributed by atoms with Gasteiger partial charge >= 0.3 is 0 Å². The van der Waals surface area contributed by atoms with Crippen molar-refractivity contribution in [1.82, 2.24) is 4.98 Å². The first-order valence-electron chi connectivity index (χ1n) is 6.05. The summed E-state index contributed by atoms with van der Waals surface area (Å²) in [5.74, 6) is 0. The van der Waals surface area contributed by atoms with Gasteiger partial charge in [-0.2, -0.15) is 0 Å². The molecule has 6 heteroatoms. The van der Waals surface area contributed by atoms with Gasteiger partial charge in [0.2, 0.25) is 0 Å². The van der Waals surface area contributed by atoms with Crippen LogP contribution in [-0.2, 0) is 6.54 Å². The molecular formula is C13H15N3O3. The van der Waals surface area contributed by atoms with Gasteiger partial charge in [0.15, 0.2) is 0 Å². The van der Waals surface area contributed by atoms with Gasteiger partial charge in [-0.3, -0.25) is 14.6 Å². The number of nitrogens with one attached hydrogen (secondary N) is 2. The maximum Gasteiger partial charge on any atom is 0.253 e. The molecule has 0 saturated heterocycles. The second kappa shape index (κ2) is 6.10. The number of aliphatic hydroxyl groups excluding tert-OH is 1. The van der Waals surface area contributed by atoms with Crippen molar-refractivity contribution in [2.45, 2.75) is 13.0 Å². The molecule has 0 amide bonds. The number of hydrogen-bond donors (Lipinski definition) is 3. The van der Waals surface area contributed by atoms with E-state index in [9.17, 15) is 9.59 Å². The summed E-state index contributed by atoms with van der Waals surface area (Å²) in [7, 11) is 0. The summed E-state index contributed by atoms with van der Waals surface area (Å²) in [6, 6.07) is 3.66. The van der Waals surface area contributed by atoms with Crippen molar-refractivity contribution >= 4 is 11.4 Å². The van der Waals surface area contributed by atoms with E-state index in [-0.39, 0.29) is 6.61 Å². The first-order chi connectivity index (χ1) is 9.24. The van der Waals surface area contributed by atoms with E-state index >= 15 is 0 Å². The van der Waals surface area contributed by atoms with E-state index < -0.39 is 10.9 Å². The molecule has 0 radical (unpaired) electrons. The predicted octanol–water partition coefficient (Wildman–Crippen LogP) is 0.0840. The molecule has 3 N–H and O–H groups in total. The molecule has 19 heavy (non-hydrogen) atoms. The summed E-state index contributed by atoms with van der Waals surface area (Å²) in [5, 5.41) is 14.5. The molecule has 0 aliphatic rings. The Bertz CT molecular complexity index is 603.